The van der Waals surface area contributed by atoms with Gasteiger partial charge in [0, 0.05) is 17.0 Å². The Morgan fingerprint density at radius 1 is 1.56 bits per heavy atom. The van der Waals surface area contributed by atoms with Crippen molar-refractivity contribution in [2.75, 3.05) is 0 Å². The molecular formula is C5H6Cl4. The van der Waals surface area contributed by atoms with Crippen molar-refractivity contribution in [1.29, 1.82) is 0 Å². The lowest BCUT2D eigenvalue weighted by Gasteiger charge is -2.10. The molecule has 4 heteroatoms. The molecule has 0 aliphatic heterocycles. The van der Waals surface area contributed by atoms with Crippen LogP contribution in [0.15, 0.2) is 10.6 Å². The summed E-state index contributed by atoms with van der Waals surface area (Å²) >= 11 is 21.9. The highest BCUT2D eigenvalue weighted by molar-refractivity contribution is 6.49. The van der Waals surface area contributed by atoms with Gasteiger partial charge < -0.3 is 0 Å². The molecule has 54 valence electrons. The molecule has 0 saturated heterocycles. The minimum atomic E-state index is -0.817. The molecule has 0 amide bonds. The third-order valence-electron chi connectivity index (χ3n) is 0.598. The van der Waals surface area contributed by atoms with Crippen LogP contribution in [0, 0.1) is 0 Å². The lowest BCUT2D eigenvalue weighted by Crippen LogP contribution is -2.04. The third kappa shape index (κ3) is 6.79. The normalized spacial score (nSPS) is 14.1. The molecule has 0 bridgehead atoms. The Morgan fingerprint density at radius 2 is 2.00 bits per heavy atom. The number of alkyl halides is 2. The second-order valence-electron chi connectivity index (χ2n) is 1.80. The van der Waals surface area contributed by atoms with Crippen molar-refractivity contribution in [1.82, 2.24) is 0 Å². The number of halogens is 4. The second-order valence-corrected chi connectivity index (χ2v) is 4.37. The summed E-state index contributed by atoms with van der Waals surface area (Å²) < 4.78 is -0.817. The molecule has 0 spiro atoms. The van der Waals surface area contributed by atoms with E-state index in [-0.39, 0.29) is 0 Å². The van der Waals surface area contributed by atoms with Crippen LogP contribution in [0.2, 0.25) is 0 Å². The largest absolute Gasteiger partial charge is 0.120 e. The van der Waals surface area contributed by atoms with E-state index >= 15 is 0 Å². The zero-order valence-electron chi connectivity index (χ0n) is 4.80. The van der Waals surface area contributed by atoms with E-state index in [1.807, 2.05) is 0 Å². The summed E-state index contributed by atoms with van der Waals surface area (Å²) in [6.07, 6.45) is 0.376. The summed E-state index contributed by atoms with van der Waals surface area (Å²) in [6, 6.07) is 0. The van der Waals surface area contributed by atoms with Crippen LogP contribution in [-0.4, -0.2) is 4.33 Å². The Balaban J connectivity index is 3.75. The maximum absolute atomic E-state index is 5.59. The van der Waals surface area contributed by atoms with Gasteiger partial charge in [-0.05, 0) is 6.92 Å². The van der Waals surface area contributed by atoms with Gasteiger partial charge in [0.15, 0.2) is 0 Å². The molecule has 0 fully saturated rings. The van der Waals surface area contributed by atoms with Gasteiger partial charge in [0.25, 0.3) is 0 Å². The molecule has 0 heterocycles. The van der Waals surface area contributed by atoms with E-state index in [9.17, 15) is 0 Å². The monoisotopic (exact) mass is 206 g/mol. The van der Waals surface area contributed by atoms with Crippen molar-refractivity contribution in [3.8, 4) is 0 Å². The van der Waals surface area contributed by atoms with Gasteiger partial charge in [-0.15, -0.1) is 23.2 Å². The van der Waals surface area contributed by atoms with Crippen LogP contribution >= 0.6 is 46.4 Å². The van der Waals surface area contributed by atoms with Crippen LogP contribution in [0.5, 0.6) is 0 Å². The molecule has 0 saturated carbocycles. The quantitative estimate of drug-likeness (QED) is 0.603. The van der Waals surface area contributed by atoms with Gasteiger partial charge in [-0.25, -0.2) is 0 Å². The van der Waals surface area contributed by atoms with Crippen molar-refractivity contribution in [2.24, 2.45) is 0 Å². The maximum Gasteiger partial charge on any atom is 0.120 e. The van der Waals surface area contributed by atoms with Gasteiger partial charge in [-0.3, -0.25) is 0 Å². The Kier molecular flexibility index (Phi) is 4.31. The van der Waals surface area contributed by atoms with Gasteiger partial charge in [0.05, 0.1) is 0 Å². The summed E-state index contributed by atoms with van der Waals surface area (Å²) in [5, 5.41) is 0.462. The first-order valence-corrected chi connectivity index (χ1v) is 3.85. The summed E-state index contributed by atoms with van der Waals surface area (Å²) in [7, 11) is 0. The summed E-state index contributed by atoms with van der Waals surface area (Å²) in [5.41, 5.74) is 1.25. The van der Waals surface area contributed by atoms with E-state index in [0.29, 0.717) is 11.5 Å². The van der Waals surface area contributed by atoms with Crippen LogP contribution < -0.4 is 0 Å². The van der Waals surface area contributed by atoms with Crippen molar-refractivity contribution in [3.63, 3.8) is 0 Å². The third-order valence-corrected chi connectivity index (χ3v) is 1.48. The zero-order chi connectivity index (χ0) is 7.49. The van der Waals surface area contributed by atoms with Crippen LogP contribution in [0.4, 0.5) is 0 Å². The van der Waals surface area contributed by atoms with Crippen molar-refractivity contribution in [2.45, 2.75) is 17.7 Å². The fourth-order valence-electron chi connectivity index (χ4n) is 0.335. The summed E-state index contributed by atoms with van der Waals surface area (Å²) in [5.74, 6) is 0. The minimum absolute atomic E-state index is 0.376. The fraction of sp³-hybridized carbons (Fsp3) is 0.600. The van der Waals surface area contributed by atoms with E-state index in [4.69, 9.17) is 46.4 Å². The summed E-state index contributed by atoms with van der Waals surface area (Å²) in [6.45, 7) is 1.65. The van der Waals surface area contributed by atoms with Gasteiger partial charge in [0.1, 0.15) is 4.33 Å². The molecule has 0 rings (SSSR count). The minimum Gasteiger partial charge on any atom is -0.102 e. The van der Waals surface area contributed by atoms with Crippen molar-refractivity contribution < 1.29 is 0 Å². The highest BCUT2D eigenvalue weighted by Gasteiger charge is 2.17. The lowest BCUT2D eigenvalue weighted by molar-refractivity contribution is 0.873. The predicted octanol–water partition coefficient (Wildman–Crippen LogP) is 3.89. The van der Waals surface area contributed by atoms with E-state index in [1.54, 1.807) is 6.92 Å². The van der Waals surface area contributed by atoms with Gasteiger partial charge in [-0.1, -0.05) is 23.2 Å². The molecule has 0 nitrogen and oxygen atoms in total. The SMILES string of the molecule is CC(Cl)(Cl)C/C(Cl)=C/Cl. The maximum atomic E-state index is 5.59. The topological polar surface area (TPSA) is 0 Å². The molecule has 0 aromatic rings. The van der Waals surface area contributed by atoms with Crippen LogP contribution in [0.25, 0.3) is 0 Å². The van der Waals surface area contributed by atoms with E-state index in [2.05, 4.69) is 0 Å². The molecular weight excluding hydrogens is 202 g/mol. The van der Waals surface area contributed by atoms with E-state index in [0.717, 1.165) is 0 Å². The highest BCUT2D eigenvalue weighted by Crippen LogP contribution is 2.29. The fourth-order valence-corrected chi connectivity index (χ4v) is 1.10. The van der Waals surface area contributed by atoms with E-state index < -0.39 is 4.33 Å². The molecule has 0 radical (unpaired) electrons. The lowest BCUT2D eigenvalue weighted by atomic mass is 10.3. The Bertz CT molecular complexity index is 111. The van der Waals surface area contributed by atoms with Crippen LogP contribution in [-0.2, 0) is 0 Å². The smallest absolute Gasteiger partial charge is 0.102 e. The molecule has 0 N–H and O–H groups in total. The number of allylic oxidation sites excluding steroid dienone is 1. The van der Waals surface area contributed by atoms with Crippen LogP contribution in [0.1, 0.15) is 13.3 Å². The summed E-state index contributed by atoms with van der Waals surface area (Å²) in [4.78, 5) is 0. The number of hydrogen-bond donors (Lipinski definition) is 0. The van der Waals surface area contributed by atoms with Crippen molar-refractivity contribution in [3.05, 3.63) is 10.6 Å². The predicted molar refractivity (Wildman–Crippen MR) is 44.5 cm³/mol. The molecule has 0 unspecified atom stereocenters. The zero-order valence-corrected chi connectivity index (χ0v) is 7.82. The first-order chi connectivity index (χ1) is 3.95. The average molecular weight is 208 g/mol. The number of rotatable bonds is 2. The van der Waals surface area contributed by atoms with Gasteiger partial charge >= 0.3 is 0 Å². The van der Waals surface area contributed by atoms with Gasteiger partial charge in [0.2, 0.25) is 0 Å². The highest BCUT2D eigenvalue weighted by atomic mass is 35.5. The molecule has 9 heavy (non-hydrogen) atoms. The average Bonchev–Trinajstić information content (AvgIpc) is 1.62. The number of hydrogen-bond acceptors (Lipinski definition) is 0. The Labute approximate surface area is 74.7 Å². The Morgan fingerprint density at radius 3 is 2.11 bits per heavy atom. The molecule has 0 aromatic heterocycles. The van der Waals surface area contributed by atoms with Crippen molar-refractivity contribution >= 4 is 46.4 Å². The first-order valence-electron chi connectivity index (χ1n) is 2.28. The van der Waals surface area contributed by atoms with Gasteiger partial charge in [-0.2, -0.15) is 0 Å². The van der Waals surface area contributed by atoms with Crippen LogP contribution in [0.3, 0.4) is 0 Å². The standard InChI is InChI=1S/C5H6Cl4/c1-5(8,9)2-4(7)3-6/h3H,2H2,1H3/b4-3-. The van der Waals surface area contributed by atoms with E-state index in [1.165, 1.54) is 5.54 Å². The molecule has 0 aliphatic carbocycles. The first kappa shape index (κ1) is 9.90. The Hall–Kier alpha value is 0.900. The molecule has 0 atom stereocenters. The molecule has 0 aliphatic rings. The second kappa shape index (κ2) is 3.92. The molecule has 0 aromatic carbocycles.